The molecule has 0 saturated carbocycles. The number of morpholine rings is 1. The van der Waals surface area contributed by atoms with Crippen LogP contribution in [0.1, 0.15) is 21.5 Å². The zero-order valence-corrected chi connectivity index (χ0v) is 15.5. The van der Waals surface area contributed by atoms with E-state index in [-0.39, 0.29) is 11.1 Å². The normalized spacial score (nSPS) is 15.0. The van der Waals surface area contributed by atoms with Gasteiger partial charge in [-0.25, -0.2) is 4.98 Å². The maximum Gasteiger partial charge on any atom is 0.416 e. The Morgan fingerprint density at radius 2 is 1.93 bits per heavy atom. The molecule has 0 radical (unpaired) electrons. The van der Waals surface area contributed by atoms with Crippen LogP contribution in [0.25, 0.3) is 5.65 Å². The summed E-state index contributed by atoms with van der Waals surface area (Å²) in [6, 6.07) is 6.82. The Morgan fingerprint density at radius 1 is 1.17 bits per heavy atom. The molecular weight excluding hydrogens is 387 g/mol. The van der Waals surface area contributed by atoms with Crippen LogP contribution in [-0.2, 0) is 10.9 Å². The molecule has 1 N–H and O–H groups in total. The van der Waals surface area contributed by atoms with E-state index in [0.29, 0.717) is 43.6 Å². The van der Waals surface area contributed by atoms with Crippen LogP contribution >= 0.6 is 0 Å². The summed E-state index contributed by atoms with van der Waals surface area (Å²) in [4.78, 5) is 18.9. The van der Waals surface area contributed by atoms with Crippen LogP contribution in [0.15, 0.2) is 36.5 Å². The number of anilines is 2. The number of hydrogen-bond donors (Lipinski definition) is 1. The Hall–Kier alpha value is -3.14. The summed E-state index contributed by atoms with van der Waals surface area (Å²) in [6.45, 7) is 3.93. The highest BCUT2D eigenvalue weighted by Crippen LogP contribution is 2.32. The smallest absolute Gasteiger partial charge is 0.378 e. The third-order valence-corrected chi connectivity index (χ3v) is 4.73. The molecule has 0 atom stereocenters. The van der Waals surface area contributed by atoms with Crippen LogP contribution in [0, 0.1) is 6.92 Å². The lowest BCUT2D eigenvalue weighted by Gasteiger charge is -2.26. The van der Waals surface area contributed by atoms with Gasteiger partial charge >= 0.3 is 6.18 Å². The first kappa shape index (κ1) is 19.2. The largest absolute Gasteiger partial charge is 0.416 e. The molecule has 1 aliphatic rings. The van der Waals surface area contributed by atoms with Crippen molar-refractivity contribution in [3.63, 3.8) is 0 Å². The number of alkyl halides is 3. The molecular formula is C19H18F3N5O2. The number of nitrogens with one attached hydrogen (secondary N) is 1. The van der Waals surface area contributed by atoms with Gasteiger partial charge in [-0.2, -0.15) is 17.7 Å². The Labute approximate surface area is 164 Å². The molecule has 4 rings (SSSR count). The maximum absolute atomic E-state index is 13.1. The second-order valence-electron chi connectivity index (χ2n) is 6.68. The molecule has 0 aliphatic carbocycles. The van der Waals surface area contributed by atoms with Crippen molar-refractivity contribution in [1.29, 1.82) is 0 Å². The van der Waals surface area contributed by atoms with Crippen molar-refractivity contribution >= 4 is 23.2 Å². The SMILES string of the molecule is Cc1ccc(C(=O)Nc2ccnc3cc(N4CCOCC4)nn23)cc1C(F)(F)F. The number of fused-ring (bicyclic) bond motifs is 1. The number of hydrogen-bond acceptors (Lipinski definition) is 5. The highest BCUT2D eigenvalue weighted by molar-refractivity contribution is 6.04. The minimum atomic E-state index is -4.53. The molecule has 7 nitrogen and oxygen atoms in total. The van der Waals surface area contributed by atoms with Gasteiger partial charge in [0.1, 0.15) is 5.82 Å². The van der Waals surface area contributed by atoms with Crippen molar-refractivity contribution in [2.75, 3.05) is 36.5 Å². The molecule has 29 heavy (non-hydrogen) atoms. The number of nitrogens with zero attached hydrogens (tertiary/aromatic N) is 4. The van der Waals surface area contributed by atoms with E-state index in [1.54, 1.807) is 12.1 Å². The van der Waals surface area contributed by atoms with Crippen LogP contribution in [0.4, 0.5) is 24.8 Å². The van der Waals surface area contributed by atoms with E-state index in [1.807, 2.05) is 4.90 Å². The Kier molecular flexibility index (Phi) is 4.87. The number of aromatic nitrogens is 3. The number of aryl methyl sites for hydroxylation is 1. The fourth-order valence-electron chi connectivity index (χ4n) is 3.18. The van der Waals surface area contributed by atoms with Gasteiger partial charge in [-0.15, -0.1) is 5.10 Å². The monoisotopic (exact) mass is 405 g/mol. The van der Waals surface area contributed by atoms with Gasteiger partial charge in [0.05, 0.1) is 18.8 Å². The van der Waals surface area contributed by atoms with Crippen LogP contribution < -0.4 is 10.2 Å². The zero-order chi connectivity index (χ0) is 20.6. The van der Waals surface area contributed by atoms with Crippen LogP contribution in [0.2, 0.25) is 0 Å². The number of benzene rings is 1. The van der Waals surface area contributed by atoms with Crippen LogP contribution in [0.3, 0.4) is 0 Å². The first-order chi connectivity index (χ1) is 13.8. The van der Waals surface area contributed by atoms with Gasteiger partial charge in [-0.05, 0) is 30.7 Å². The van der Waals surface area contributed by atoms with Gasteiger partial charge in [-0.1, -0.05) is 6.07 Å². The standard InChI is InChI=1S/C19H18F3N5O2/c1-12-2-3-13(10-14(12)19(20,21)22)18(28)24-15-4-5-23-16-11-17(25-27(15)16)26-6-8-29-9-7-26/h2-5,10-11H,6-9H2,1H3,(H,24,28). The van der Waals surface area contributed by atoms with Crippen molar-refractivity contribution in [2.24, 2.45) is 0 Å². The minimum Gasteiger partial charge on any atom is -0.378 e. The molecule has 1 aliphatic heterocycles. The van der Waals surface area contributed by atoms with Crippen molar-refractivity contribution in [2.45, 2.75) is 13.1 Å². The van der Waals surface area contributed by atoms with Crippen LogP contribution in [0.5, 0.6) is 0 Å². The van der Waals surface area contributed by atoms with E-state index in [4.69, 9.17) is 4.74 Å². The lowest BCUT2D eigenvalue weighted by atomic mass is 10.0. The molecule has 1 amide bonds. The lowest BCUT2D eigenvalue weighted by Crippen LogP contribution is -2.36. The van der Waals surface area contributed by atoms with E-state index < -0.39 is 17.6 Å². The molecule has 0 spiro atoms. The highest BCUT2D eigenvalue weighted by atomic mass is 19.4. The summed E-state index contributed by atoms with van der Waals surface area (Å²) in [5.41, 5.74) is -0.348. The molecule has 10 heteroatoms. The number of carbonyl (C=O) groups is 1. The summed E-state index contributed by atoms with van der Waals surface area (Å²) in [6.07, 6.45) is -3.02. The van der Waals surface area contributed by atoms with E-state index in [1.165, 1.54) is 29.8 Å². The topological polar surface area (TPSA) is 71.8 Å². The van der Waals surface area contributed by atoms with E-state index in [2.05, 4.69) is 15.4 Å². The van der Waals surface area contributed by atoms with Gasteiger partial charge < -0.3 is 15.0 Å². The first-order valence-corrected chi connectivity index (χ1v) is 8.99. The van der Waals surface area contributed by atoms with Crippen molar-refractivity contribution < 1.29 is 22.7 Å². The average molecular weight is 405 g/mol. The average Bonchev–Trinajstić information content (AvgIpc) is 3.13. The summed E-state index contributed by atoms with van der Waals surface area (Å²) in [5, 5.41) is 7.11. The summed E-state index contributed by atoms with van der Waals surface area (Å²) in [7, 11) is 0. The van der Waals surface area contributed by atoms with E-state index in [0.717, 1.165) is 6.07 Å². The number of carbonyl (C=O) groups excluding carboxylic acids is 1. The molecule has 1 saturated heterocycles. The van der Waals surface area contributed by atoms with Gasteiger partial charge in [0.2, 0.25) is 0 Å². The zero-order valence-electron chi connectivity index (χ0n) is 15.5. The van der Waals surface area contributed by atoms with Gasteiger partial charge in [-0.3, -0.25) is 4.79 Å². The lowest BCUT2D eigenvalue weighted by molar-refractivity contribution is -0.138. The van der Waals surface area contributed by atoms with Gasteiger partial charge in [0, 0.05) is 30.9 Å². The highest BCUT2D eigenvalue weighted by Gasteiger charge is 2.33. The van der Waals surface area contributed by atoms with Gasteiger partial charge in [0.25, 0.3) is 5.91 Å². The number of halogens is 3. The molecule has 0 unspecified atom stereocenters. The fourth-order valence-corrected chi connectivity index (χ4v) is 3.18. The second-order valence-corrected chi connectivity index (χ2v) is 6.68. The predicted molar refractivity (Wildman–Crippen MR) is 100 cm³/mol. The van der Waals surface area contributed by atoms with Crippen LogP contribution in [-0.4, -0.2) is 46.8 Å². The quantitative estimate of drug-likeness (QED) is 0.725. The van der Waals surface area contributed by atoms with E-state index >= 15 is 0 Å². The summed E-state index contributed by atoms with van der Waals surface area (Å²) >= 11 is 0. The maximum atomic E-state index is 13.1. The molecule has 2 aromatic heterocycles. The number of rotatable bonds is 3. The van der Waals surface area contributed by atoms with Gasteiger partial charge in [0.15, 0.2) is 11.5 Å². The fraction of sp³-hybridized carbons (Fsp3) is 0.316. The van der Waals surface area contributed by atoms with Crippen molar-refractivity contribution in [1.82, 2.24) is 14.6 Å². The van der Waals surface area contributed by atoms with Crippen molar-refractivity contribution in [3.05, 3.63) is 53.2 Å². The molecule has 3 aromatic rings. The Morgan fingerprint density at radius 3 is 2.66 bits per heavy atom. The molecule has 0 bridgehead atoms. The Bertz CT molecular complexity index is 1060. The third-order valence-electron chi connectivity index (χ3n) is 4.73. The minimum absolute atomic E-state index is 0.0579. The summed E-state index contributed by atoms with van der Waals surface area (Å²) < 4.78 is 46.2. The molecule has 3 heterocycles. The predicted octanol–water partition coefficient (Wildman–Crippen LogP) is 3.15. The number of ether oxygens (including phenoxy) is 1. The molecule has 1 fully saturated rings. The second kappa shape index (κ2) is 7.36. The molecule has 152 valence electrons. The van der Waals surface area contributed by atoms with Crippen molar-refractivity contribution in [3.8, 4) is 0 Å². The first-order valence-electron chi connectivity index (χ1n) is 8.99. The third kappa shape index (κ3) is 3.88. The van der Waals surface area contributed by atoms with E-state index in [9.17, 15) is 18.0 Å². The Balaban J connectivity index is 1.62. The molecule has 1 aromatic carbocycles. The number of amides is 1. The summed E-state index contributed by atoms with van der Waals surface area (Å²) in [5.74, 6) is 0.345.